The molecule has 4 heterocycles. The Hall–Kier alpha value is -3.30. The average Bonchev–Trinajstić information content (AvgIpc) is 3.32. The number of alkyl halides is 3. The van der Waals surface area contributed by atoms with Gasteiger partial charge in [0.25, 0.3) is 5.91 Å². The van der Waals surface area contributed by atoms with E-state index in [1.807, 2.05) is 24.0 Å². The molecule has 0 radical (unpaired) electrons. The molecule has 0 N–H and O–H groups in total. The van der Waals surface area contributed by atoms with E-state index in [0.717, 1.165) is 24.6 Å². The fourth-order valence-electron chi connectivity index (χ4n) is 4.32. The number of aryl methyl sites for hydroxylation is 2. The maximum absolute atomic E-state index is 13.7. The summed E-state index contributed by atoms with van der Waals surface area (Å²) in [5.74, 6) is 0.0716. The molecule has 0 saturated carbocycles. The number of pyridine rings is 1. The van der Waals surface area contributed by atoms with Gasteiger partial charge in [-0.2, -0.15) is 23.4 Å². The Kier molecular flexibility index (Phi) is 6.44. The first-order valence-electron chi connectivity index (χ1n) is 10.9. The molecule has 0 spiro atoms. The van der Waals surface area contributed by atoms with Crippen LogP contribution in [0, 0.1) is 12.8 Å². The Morgan fingerprint density at radius 1 is 1.18 bits per heavy atom. The minimum atomic E-state index is -4.51. The summed E-state index contributed by atoms with van der Waals surface area (Å²) in [5.41, 5.74) is 1.15. The maximum Gasteiger partial charge on any atom is 0.435 e. The first-order chi connectivity index (χ1) is 15.7. The van der Waals surface area contributed by atoms with Crippen LogP contribution in [0.1, 0.15) is 53.8 Å². The van der Waals surface area contributed by atoms with Crippen molar-refractivity contribution in [1.82, 2.24) is 29.9 Å². The molecule has 1 amide bonds. The van der Waals surface area contributed by atoms with Crippen molar-refractivity contribution >= 4 is 5.91 Å². The van der Waals surface area contributed by atoms with Crippen LogP contribution >= 0.6 is 0 Å². The number of hydrogen-bond donors (Lipinski definition) is 0. The van der Waals surface area contributed by atoms with Crippen molar-refractivity contribution in [3.8, 4) is 5.69 Å². The number of halogens is 3. The number of aromatic nitrogens is 5. The van der Waals surface area contributed by atoms with Gasteiger partial charge in [-0.3, -0.25) is 4.79 Å². The molecule has 3 aromatic rings. The topological polar surface area (TPSA) is 76.8 Å². The molecule has 174 valence electrons. The van der Waals surface area contributed by atoms with E-state index in [4.69, 9.17) is 0 Å². The zero-order valence-corrected chi connectivity index (χ0v) is 18.5. The molecular weight excluding hydrogens is 433 g/mol. The van der Waals surface area contributed by atoms with E-state index in [0.29, 0.717) is 36.5 Å². The van der Waals surface area contributed by atoms with Gasteiger partial charge in [0, 0.05) is 30.7 Å². The third-order valence-corrected chi connectivity index (χ3v) is 6.05. The summed E-state index contributed by atoms with van der Waals surface area (Å²) >= 11 is 0. The van der Waals surface area contributed by atoms with E-state index in [2.05, 4.69) is 27.2 Å². The summed E-state index contributed by atoms with van der Waals surface area (Å²) in [6.45, 7) is 4.53. The van der Waals surface area contributed by atoms with Gasteiger partial charge in [0.15, 0.2) is 11.4 Å². The van der Waals surface area contributed by atoms with E-state index >= 15 is 0 Å². The Balaban J connectivity index is 1.55. The zero-order valence-electron chi connectivity index (χ0n) is 18.5. The van der Waals surface area contributed by atoms with Crippen LogP contribution in [0.2, 0.25) is 0 Å². The van der Waals surface area contributed by atoms with Crippen LogP contribution in [0.4, 0.5) is 13.2 Å². The van der Waals surface area contributed by atoms with Gasteiger partial charge in [-0.05, 0) is 68.9 Å². The summed E-state index contributed by atoms with van der Waals surface area (Å²) in [7, 11) is 0. The van der Waals surface area contributed by atoms with E-state index < -0.39 is 11.9 Å². The van der Waals surface area contributed by atoms with Gasteiger partial charge >= 0.3 is 6.18 Å². The standard InChI is InChI=1S/C23H25F3N6O/c1-15-5-3-13-31(18(15)10-7-17-8-11-20(30-29-17)23(24,25)26)22(33)21-19(9-6-16(2)28-21)32-14-4-12-27-32/h4,6,8-9,11-12,14-15,18H,3,5,7,10,13H2,1-2H3/t15-,18-/m1/s1. The van der Waals surface area contributed by atoms with Crippen LogP contribution in [0.25, 0.3) is 5.69 Å². The summed E-state index contributed by atoms with van der Waals surface area (Å²) in [4.78, 5) is 20.0. The molecule has 33 heavy (non-hydrogen) atoms. The average molecular weight is 458 g/mol. The second-order valence-corrected chi connectivity index (χ2v) is 8.40. The Morgan fingerprint density at radius 2 is 2.00 bits per heavy atom. The highest BCUT2D eigenvalue weighted by Gasteiger charge is 2.35. The molecule has 0 bridgehead atoms. The van der Waals surface area contributed by atoms with Crippen LogP contribution in [-0.2, 0) is 12.6 Å². The lowest BCUT2D eigenvalue weighted by Crippen LogP contribution is -2.48. The Bertz CT molecular complexity index is 1100. The normalized spacial score (nSPS) is 19.0. The minimum absolute atomic E-state index is 0.0804. The van der Waals surface area contributed by atoms with Gasteiger partial charge in [0.1, 0.15) is 0 Å². The summed E-state index contributed by atoms with van der Waals surface area (Å²) in [6.07, 6.45) is 1.76. The van der Waals surface area contributed by atoms with E-state index in [9.17, 15) is 18.0 Å². The van der Waals surface area contributed by atoms with Crippen molar-refractivity contribution in [2.75, 3.05) is 6.54 Å². The third kappa shape index (κ3) is 5.04. The highest BCUT2D eigenvalue weighted by Crippen LogP contribution is 2.30. The van der Waals surface area contributed by atoms with Gasteiger partial charge in [-0.25, -0.2) is 9.67 Å². The van der Waals surface area contributed by atoms with Crippen molar-refractivity contribution in [3.05, 3.63) is 65.5 Å². The monoisotopic (exact) mass is 458 g/mol. The van der Waals surface area contributed by atoms with E-state index in [1.165, 1.54) is 6.07 Å². The van der Waals surface area contributed by atoms with Crippen LogP contribution in [0.5, 0.6) is 0 Å². The summed E-state index contributed by atoms with van der Waals surface area (Å²) in [6, 6.07) is 7.68. The molecule has 1 saturated heterocycles. The maximum atomic E-state index is 13.7. The SMILES string of the molecule is Cc1ccc(-n2cccn2)c(C(=O)N2CCC[C@@H](C)[C@H]2CCc2ccc(C(F)(F)F)nn2)n1. The number of likely N-dealkylation sites (tertiary alicyclic amines) is 1. The molecule has 0 aromatic carbocycles. The molecule has 7 nitrogen and oxygen atoms in total. The predicted octanol–water partition coefficient (Wildman–Crippen LogP) is 4.26. The van der Waals surface area contributed by atoms with Crippen molar-refractivity contribution in [3.63, 3.8) is 0 Å². The highest BCUT2D eigenvalue weighted by atomic mass is 19.4. The number of nitrogens with zero attached hydrogens (tertiary/aromatic N) is 6. The highest BCUT2D eigenvalue weighted by molar-refractivity contribution is 5.96. The number of piperidine rings is 1. The smallest absolute Gasteiger partial charge is 0.334 e. The molecule has 4 rings (SSSR count). The lowest BCUT2D eigenvalue weighted by Gasteiger charge is -2.40. The molecule has 1 aliphatic rings. The van der Waals surface area contributed by atoms with Gasteiger partial charge in [0.2, 0.25) is 0 Å². The predicted molar refractivity (Wildman–Crippen MR) is 115 cm³/mol. The second kappa shape index (κ2) is 9.29. The summed E-state index contributed by atoms with van der Waals surface area (Å²) in [5, 5.41) is 11.3. The number of hydrogen-bond acceptors (Lipinski definition) is 5. The van der Waals surface area contributed by atoms with Gasteiger partial charge in [0.05, 0.1) is 11.4 Å². The van der Waals surface area contributed by atoms with Crippen LogP contribution < -0.4 is 0 Å². The first kappa shape index (κ1) is 22.9. The van der Waals surface area contributed by atoms with Gasteiger partial charge in [-0.1, -0.05) is 6.92 Å². The molecule has 1 fully saturated rings. The molecule has 0 aliphatic carbocycles. The fraction of sp³-hybridized carbons (Fsp3) is 0.435. The Morgan fingerprint density at radius 3 is 2.67 bits per heavy atom. The number of rotatable bonds is 5. The lowest BCUT2D eigenvalue weighted by molar-refractivity contribution is -0.141. The largest absolute Gasteiger partial charge is 0.435 e. The van der Waals surface area contributed by atoms with E-state index in [-0.39, 0.29) is 17.9 Å². The van der Waals surface area contributed by atoms with Crippen molar-refractivity contribution in [2.24, 2.45) is 5.92 Å². The number of amides is 1. The zero-order chi connectivity index (χ0) is 23.6. The minimum Gasteiger partial charge on any atom is -0.334 e. The van der Waals surface area contributed by atoms with Crippen molar-refractivity contribution in [2.45, 2.75) is 51.7 Å². The second-order valence-electron chi connectivity index (χ2n) is 8.40. The first-order valence-corrected chi connectivity index (χ1v) is 10.9. The van der Waals surface area contributed by atoms with Crippen molar-refractivity contribution in [1.29, 1.82) is 0 Å². The molecule has 0 unspecified atom stereocenters. The summed E-state index contributed by atoms with van der Waals surface area (Å²) < 4.78 is 39.9. The molecule has 3 aromatic heterocycles. The third-order valence-electron chi connectivity index (χ3n) is 6.05. The van der Waals surface area contributed by atoms with Crippen LogP contribution in [-0.4, -0.2) is 48.4 Å². The van der Waals surface area contributed by atoms with Gasteiger partial charge < -0.3 is 4.90 Å². The lowest BCUT2D eigenvalue weighted by atomic mass is 9.87. The van der Waals surface area contributed by atoms with E-state index in [1.54, 1.807) is 23.1 Å². The van der Waals surface area contributed by atoms with Crippen LogP contribution in [0.15, 0.2) is 42.7 Å². The fourth-order valence-corrected chi connectivity index (χ4v) is 4.32. The molecule has 10 heteroatoms. The molecular formula is C23H25F3N6O. The van der Waals surface area contributed by atoms with Crippen molar-refractivity contribution < 1.29 is 18.0 Å². The quantitative estimate of drug-likeness (QED) is 0.571. The molecule has 2 atom stereocenters. The number of carbonyl (C=O) groups excluding carboxylic acids is 1. The van der Waals surface area contributed by atoms with Crippen LogP contribution in [0.3, 0.4) is 0 Å². The molecule has 1 aliphatic heterocycles. The number of carbonyl (C=O) groups is 1. The van der Waals surface area contributed by atoms with Gasteiger partial charge in [-0.15, -0.1) is 5.10 Å². The Labute approximate surface area is 189 Å².